The summed E-state index contributed by atoms with van der Waals surface area (Å²) < 4.78 is 46.2. The van der Waals surface area contributed by atoms with Crippen molar-refractivity contribution in [3.8, 4) is 11.1 Å². The van der Waals surface area contributed by atoms with Gasteiger partial charge in [-0.25, -0.2) is 4.79 Å². The minimum atomic E-state index is -5.01. The van der Waals surface area contributed by atoms with Crippen molar-refractivity contribution in [2.75, 3.05) is 19.7 Å². The molecule has 1 fully saturated rings. The number of ether oxygens (including phenoxy) is 1. The van der Waals surface area contributed by atoms with Gasteiger partial charge in [0.05, 0.1) is 0 Å². The van der Waals surface area contributed by atoms with Crippen molar-refractivity contribution in [2.45, 2.75) is 37.4 Å². The molecule has 1 heterocycles. The highest BCUT2D eigenvalue weighted by Gasteiger charge is 2.49. The molecule has 0 aromatic heterocycles. The summed E-state index contributed by atoms with van der Waals surface area (Å²) in [6, 6.07) is 12.4. The molecule has 0 saturated carbocycles. The van der Waals surface area contributed by atoms with Gasteiger partial charge >= 0.3 is 18.2 Å². The number of hydrogen-bond donors (Lipinski definition) is 2. The van der Waals surface area contributed by atoms with Crippen LogP contribution in [0.1, 0.15) is 36.3 Å². The smallest absolute Gasteiger partial charge is 0.417 e. The van der Waals surface area contributed by atoms with Crippen LogP contribution in [0, 0.1) is 5.92 Å². The molecule has 2 aliphatic rings. The van der Waals surface area contributed by atoms with Crippen LogP contribution in [0.25, 0.3) is 11.1 Å². The van der Waals surface area contributed by atoms with E-state index in [1.807, 2.05) is 48.5 Å². The van der Waals surface area contributed by atoms with Crippen molar-refractivity contribution >= 4 is 18.0 Å². The number of amides is 2. The second-order valence-electron chi connectivity index (χ2n) is 8.82. The number of nitrogens with one attached hydrogen (secondary N) is 1. The summed E-state index contributed by atoms with van der Waals surface area (Å²) in [5.41, 5.74) is 3.78. The third-order valence-corrected chi connectivity index (χ3v) is 6.54. The lowest BCUT2D eigenvalue weighted by Gasteiger charge is -2.26. The van der Waals surface area contributed by atoms with Crippen LogP contribution in [0.4, 0.5) is 18.0 Å². The van der Waals surface area contributed by atoms with Crippen molar-refractivity contribution < 1.29 is 37.4 Å². The molecular weight excluding hydrogens is 465 g/mol. The molecule has 0 radical (unpaired) electrons. The first kappa shape index (κ1) is 24.6. The zero-order valence-electron chi connectivity index (χ0n) is 18.8. The highest BCUT2D eigenvalue weighted by molar-refractivity contribution is 5.87. The summed E-state index contributed by atoms with van der Waals surface area (Å²) in [6.07, 6.45) is -5.77. The standard InChI is InChI=1S/C25H25F3N2O5/c26-25(27,28)22(23(33)30-12-11-15(13-30)9-10-21(31)32)29-24(34)35-14-20-18-7-3-1-5-16(18)17-6-2-4-8-19(17)20/h1-8,15,20,22H,9-14H2,(H,29,34)(H,31,32). The zero-order valence-corrected chi connectivity index (χ0v) is 18.8. The molecule has 1 aliphatic heterocycles. The van der Waals surface area contributed by atoms with Gasteiger partial charge in [0.1, 0.15) is 6.61 Å². The Labute approximate surface area is 199 Å². The third kappa shape index (κ3) is 5.41. The lowest BCUT2D eigenvalue weighted by molar-refractivity contribution is -0.173. The first-order chi connectivity index (χ1) is 16.6. The molecule has 2 N–H and O–H groups in total. The van der Waals surface area contributed by atoms with Crippen LogP contribution in [0.3, 0.4) is 0 Å². The SMILES string of the molecule is O=C(O)CCC1CCN(C(=O)C(NC(=O)OCC2c3ccccc3-c3ccccc32)C(F)(F)F)C1. The highest BCUT2D eigenvalue weighted by Crippen LogP contribution is 2.44. The molecule has 0 spiro atoms. The zero-order chi connectivity index (χ0) is 25.2. The van der Waals surface area contributed by atoms with Gasteiger partial charge in [-0.3, -0.25) is 9.59 Å². The van der Waals surface area contributed by atoms with Crippen molar-refractivity contribution in [3.63, 3.8) is 0 Å². The number of alkyl halides is 3. The normalized spacial score (nSPS) is 18.0. The molecule has 186 valence electrons. The Kier molecular flexibility index (Phi) is 7.00. The molecule has 7 nitrogen and oxygen atoms in total. The Morgan fingerprint density at radius 3 is 2.23 bits per heavy atom. The molecule has 10 heteroatoms. The van der Waals surface area contributed by atoms with Crippen molar-refractivity contribution in [3.05, 3.63) is 59.7 Å². The van der Waals surface area contributed by atoms with Gasteiger partial charge in [0.2, 0.25) is 6.04 Å². The molecule has 0 bridgehead atoms. The fourth-order valence-corrected chi connectivity index (χ4v) is 4.82. The van der Waals surface area contributed by atoms with Crippen LogP contribution >= 0.6 is 0 Å². The van der Waals surface area contributed by atoms with Crippen LogP contribution < -0.4 is 5.32 Å². The number of alkyl carbamates (subject to hydrolysis) is 1. The number of aliphatic carboxylic acids is 1. The Balaban J connectivity index is 1.39. The van der Waals surface area contributed by atoms with E-state index in [1.165, 1.54) is 0 Å². The topological polar surface area (TPSA) is 95.9 Å². The molecule has 4 rings (SSSR count). The number of nitrogens with zero attached hydrogens (tertiary/aromatic N) is 1. The van der Waals surface area contributed by atoms with Gasteiger partial charge in [-0.15, -0.1) is 0 Å². The lowest BCUT2D eigenvalue weighted by Crippen LogP contribution is -2.55. The predicted molar refractivity (Wildman–Crippen MR) is 120 cm³/mol. The fraction of sp³-hybridized carbons (Fsp3) is 0.400. The summed E-state index contributed by atoms with van der Waals surface area (Å²) in [7, 11) is 0. The maximum absolute atomic E-state index is 13.7. The Hall–Kier alpha value is -3.56. The average Bonchev–Trinajstić information content (AvgIpc) is 3.42. The molecule has 35 heavy (non-hydrogen) atoms. The van der Waals surface area contributed by atoms with Gasteiger partial charge in [-0.2, -0.15) is 13.2 Å². The predicted octanol–water partition coefficient (Wildman–Crippen LogP) is 4.17. The summed E-state index contributed by atoms with van der Waals surface area (Å²) in [4.78, 5) is 36.7. The van der Waals surface area contributed by atoms with Gasteiger partial charge in [0, 0.05) is 25.4 Å². The number of hydrogen-bond acceptors (Lipinski definition) is 4. The van der Waals surface area contributed by atoms with Gasteiger partial charge in [0.25, 0.3) is 5.91 Å². The molecular formula is C25H25F3N2O5. The van der Waals surface area contributed by atoms with Gasteiger partial charge in [-0.1, -0.05) is 48.5 Å². The number of likely N-dealkylation sites (tertiary alicyclic amines) is 1. The molecule has 2 aromatic rings. The van der Waals surface area contributed by atoms with E-state index in [-0.39, 0.29) is 44.4 Å². The maximum atomic E-state index is 13.7. The molecule has 1 saturated heterocycles. The largest absolute Gasteiger partial charge is 0.481 e. The van der Waals surface area contributed by atoms with E-state index in [9.17, 15) is 27.6 Å². The fourth-order valence-electron chi connectivity index (χ4n) is 4.82. The van der Waals surface area contributed by atoms with Crippen molar-refractivity contribution in [1.29, 1.82) is 0 Å². The molecule has 2 aromatic carbocycles. The Morgan fingerprint density at radius 2 is 1.66 bits per heavy atom. The summed E-state index contributed by atoms with van der Waals surface area (Å²) >= 11 is 0. The first-order valence-electron chi connectivity index (χ1n) is 11.3. The number of carbonyl (C=O) groups is 3. The maximum Gasteiger partial charge on any atom is 0.417 e. The van der Waals surface area contributed by atoms with E-state index in [0.29, 0.717) is 6.42 Å². The summed E-state index contributed by atoms with van der Waals surface area (Å²) in [6.45, 7) is -0.0905. The average molecular weight is 490 g/mol. The second-order valence-corrected chi connectivity index (χ2v) is 8.82. The minimum Gasteiger partial charge on any atom is -0.481 e. The van der Waals surface area contributed by atoms with E-state index < -0.39 is 30.2 Å². The number of fused-ring (bicyclic) bond motifs is 3. The van der Waals surface area contributed by atoms with Gasteiger partial charge in [-0.05, 0) is 41.0 Å². The number of carboxylic acid groups (broad SMARTS) is 1. The van der Waals surface area contributed by atoms with E-state index in [1.54, 1.807) is 5.32 Å². The van der Waals surface area contributed by atoms with Crippen LogP contribution in [0.2, 0.25) is 0 Å². The molecule has 2 unspecified atom stereocenters. The third-order valence-electron chi connectivity index (χ3n) is 6.54. The number of rotatable bonds is 7. The number of carboxylic acids is 1. The van der Waals surface area contributed by atoms with E-state index in [2.05, 4.69) is 0 Å². The highest BCUT2D eigenvalue weighted by atomic mass is 19.4. The number of benzene rings is 2. The summed E-state index contributed by atoms with van der Waals surface area (Å²) in [5.74, 6) is -2.80. The molecule has 2 amide bonds. The second kappa shape index (κ2) is 9.97. The quantitative estimate of drug-likeness (QED) is 0.608. The van der Waals surface area contributed by atoms with Crippen LogP contribution in [0.15, 0.2) is 48.5 Å². The van der Waals surface area contributed by atoms with Crippen LogP contribution in [-0.2, 0) is 14.3 Å². The molecule has 2 atom stereocenters. The van der Waals surface area contributed by atoms with Crippen LogP contribution in [-0.4, -0.2) is 59.9 Å². The summed E-state index contributed by atoms with van der Waals surface area (Å²) in [5, 5.41) is 10.5. The van der Waals surface area contributed by atoms with Crippen molar-refractivity contribution in [2.24, 2.45) is 5.92 Å². The number of carbonyl (C=O) groups excluding carboxylic acids is 2. The van der Waals surface area contributed by atoms with Gasteiger partial charge in [0.15, 0.2) is 0 Å². The van der Waals surface area contributed by atoms with Crippen LogP contribution in [0.5, 0.6) is 0 Å². The van der Waals surface area contributed by atoms with Gasteiger partial charge < -0.3 is 20.1 Å². The minimum absolute atomic E-state index is 0.0189. The first-order valence-corrected chi connectivity index (χ1v) is 11.3. The Morgan fingerprint density at radius 1 is 1.06 bits per heavy atom. The molecule has 1 aliphatic carbocycles. The van der Waals surface area contributed by atoms with Crippen molar-refractivity contribution in [1.82, 2.24) is 10.2 Å². The monoisotopic (exact) mass is 490 g/mol. The number of halogens is 3. The Bertz CT molecular complexity index is 1070. The van der Waals surface area contributed by atoms with E-state index >= 15 is 0 Å². The van der Waals surface area contributed by atoms with E-state index in [4.69, 9.17) is 9.84 Å². The van der Waals surface area contributed by atoms with E-state index in [0.717, 1.165) is 27.2 Å². The lowest BCUT2D eigenvalue weighted by atomic mass is 9.98.